The second-order valence-electron chi connectivity index (χ2n) is 8.18. The molecule has 2 aromatic carbocycles. The van der Waals surface area contributed by atoms with Gasteiger partial charge in [-0.05, 0) is 80.5 Å². The molecule has 1 aromatic heterocycles. The predicted octanol–water partition coefficient (Wildman–Crippen LogP) is 2.94. The first-order chi connectivity index (χ1) is 16.1. The van der Waals surface area contributed by atoms with E-state index in [-0.39, 0.29) is 16.2 Å². The lowest BCUT2D eigenvalue weighted by Gasteiger charge is -2.34. The number of rotatable bonds is 4. The molecule has 0 spiro atoms. The van der Waals surface area contributed by atoms with Crippen molar-refractivity contribution in [3.8, 4) is 5.69 Å². The zero-order valence-electron chi connectivity index (χ0n) is 19.2. The molecule has 3 aromatic rings. The first-order valence-electron chi connectivity index (χ1n) is 10.6. The number of aromatic carboxylic acids is 1. The first kappa shape index (κ1) is 23.1. The number of thiocarbonyl (C=S) groups is 1. The van der Waals surface area contributed by atoms with Crippen molar-refractivity contribution in [1.82, 2.24) is 9.47 Å². The molecule has 7 nitrogen and oxygen atoms in total. The predicted molar refractivity (Wildman–Crippen MR) is 132 cm³/mol. The highest BCUT2D eigenvalue weighted by Gasteiger charge is 2.38. The molecule has 0 unspecified atom stereocenters. The normalized spacial score (nSPS) is 15.4. The summed E-state index contributed by atoms with van der Waals surface area (Å²) >= 11 is 5.41. The monoisotopic (exact) mass is 472 g/mol. The van der Waals surface area contributed by atoms with Crippen LogP contribution in [0, 0.1) is 20.8 Å². The summed E-state index contributed by atoms with van der Waals surface area (Å²) in [5, 5.41) is 11.4. The van der Waals surface area contributed by atoms with Crippen LogP contribution in [-0.2, 0) is 9.59 Å². The van der Waals surface area contributed by atoms with Gasteiger partial charge in [0, 0.05) is 24.1 Å². The number of likely N-dealkylation sites (N-methyl/N-ethyl adjacent to an activating group) is 1. The van der Waals surface area contributed by atoms with Crippen molar-refractivity contribution in [2.75, 3.05) is 11.9 Å². The molecule has 1 fully saturated rings. The Labute approximate surface area is 202 Å². The summed E-state index contributed by atoms with van der Waals surface area (Å²) in [6.07, 6.45) is 1.56. The highest BCUT2D eigenvalue weighted by Crippen LogP contribution is 2.28. The summed E-state index contributed by atoms with van der Waals surface area (Å²) in [4.78, 5) is 40.4. The molecule has 2 amide bonds. The Bertz CT molecular complexity index is 1390. The summed E-state index contributed by atoms with van der Waals surface area (Å²) < 4.78 is 1.86. The molecule has 34 heavy (non-hydrogen) atoms. The van der Waals surface area contributed by atoms with Gasteiger partial charge in [-0.15, -0.1) is 0 Å². The average molecular weight is 473 g/mol. The van der Waals surface area contributed by atoms with E-state index in [2.05, 4.69) is 0 Å². The van der Waals surface area contributed by atoms with Crippen LogP contribution >= 0.6 is 12.2 Å². The number of amides is 2. The SMILES string of the molecule is Cc1ccc(N2C(=O)/C(=C/c3cc(C)n(-c4cccc(C(=O)[O-])c4)c3C)C(=O)N(C)C2=S)cc1. The number of hydrogen-bond acceptors (Lipinski definition) is 5. The van der Waals surface area contributed by atoms with Gasteiger partial charge in [-0.2, -0.15) is 0 Å². The third-order valence-corrected chi connectivity index (χ3v) is 6.31. The standard InChI is InChI=1S/C26H23N3O4S/c1-15-8-10-20(11-9-15)29-24(31)22(23(30)27(4)26(29)34)14-19-12-16(2)28(17(19)3)21-7-5-6-18(13-21)25(32)33/h5-14H,1-4H3,(H,32,33)/p-1/b22-14+. The van der Waals surface area contributed by atoms with Gasteiger partial charge in [0.25, 0.3) is 11.8 Å². The minimum Gasteiger partial charge on any atom is -0.545 e. The lowest BCUT2D eigenvalue weighted by atomic mass is 10.1. The number of aryl methyl sites for hydroxylation is 2. The second kappa shape index (κ2) is 8.72. The largest absolute Gasteiger partial charge is 0.545 e. The number of carboxylic acids is 1. The van der Waals surface area contributed by atoms with Crippen LogP contribution in [0.3, 0.4) is 0 Å². The molecule has 1 aliphatic rings. The van der Waals surface area contributed by atoms with Crippen molar-refractivity contribution in [3.63, 3.8) is 0 Å². The number of carbonyl (C=O) groups is 3. The van der Waals surface area contributed by atoms with Crippen LogP contribution in [-0.4, -0.2) is 39.4 Å². The van der Waals surface area contributed by atoms with Gasteiger partial charge in [0.05, 0.1) is 11.7 Å². The average Bonchev–Trinajstić information content (AvgIpc) is 3.09. The molecule has 0 N–H and O–H groups in total. The summed E-state index contributed by atoms with van der Waals surface area (Å²) in [6.45, 7) is 5.65. The van der Waals surface area contributed by atoms with Gasteiger partial charge in [0.2, 0.25) is 0 Å². The molecule has 0 aliphatic carbocycles. The molecular weight excluding hydrogens is 450 g/mol. The number of carbonyl (C=O) groups excluding carboxylic acids is 3. The fourth-order valence-corrected chi connectivity index (χ4v) is 4.29. The van der Waals surface area contributed by atoms with Gasteiger partial charge >= 0.3 is 0 Å². The molecule has 0 atom stereocenters. The van der Waals surface area contributed by atoms with E-state index >= 15 is 0 Å². The van der Waals surface area contributed by atoms with Crippen molar-refractivity contribution in [1.29, 1.82) is 0 Å². The van der Waals surface area contributed by atoms with Crippen molar-refractivity contribution < 1.29 is 19.5 Å². The topological polar surface area (TPSA) is 85.7 Å². The summed E-state index contributed by atoms with van der Waals surface area (Å²) in [5.41, 5.74) is 4.53. The van der Waals surface area contributed by atoms with Gasteiger partial charge in [-0.3, -0.25) is 19.4 Å². The first-order valence-corrected chi connectivity index (χ1v) is 11.0. The summed E-state index contributed by atoms with van der Waals surface area (Å²) in [5.74, 6) is -2.25. The van der Waals surface area contributed by atoms with Crippen LogP contribution in [0.2, 0.25) is 0 Å². The third kappa shape index (κ3) is 3.92. The van der Waals surface area contributed by atoms with E-state index in [4.69, 9.17) is 12.2 Å². The minimum absolute atomic E-state index is 0.0135. The number of carboxylic acid groups (broad SMARTS) is 1. The van der Waals surface area contributed by atoms with Crippen molar-refractivity contribution >= 4 is 46.9 Å². The Morgan fingerprint density at radius 3 is 2.26 bits per heavy atom. The Morgan fingerprint density at radius 1 is 0.941 bits per heavy atom. The van der Waals surface area contributed by atoms with Crippen LogP contribution in [0.25, 0.3) is 11.8 Å². The quantitative estimate of drug-likeness (QED) is 0.331. The highest BCUT2D eigenvalue weighted by atomic mass is 32.1. The Kier molecular flexibility index (Phi) is 5.93. The lowest BCUT2D eigenvalue weighted by molar-refractivity contribution is -0.255. The van der Waals surface area contributed by atoms with Gasteiger partial charge in [0.15, 0.2) is 5.11 Å². The maximum Gasteiger partial charge on any atom is 0.270 e. The van der Waals surface area contributed by atoms with Crippen LogP contribution in [0.5, 0.6) is 0 Å². The van der Waals surface area contributed by atoms with Crippen LogP contribution in [0.4, 0.5) is 5.69 Å². The van der Waals surface area contributed by atoms with Gasteiger partial charge < -0.3 is 14.5 Å². The molecule has 0 bridgehead atoms. The minimum atomic E-state index is -1.26. The summed E-state index contributed by atoms with van der Waals surface area (Å²) in [6, 6.07) is 15.6. The molecule has 2 heterocycles. The Balaban J connectivity index is 1.79. The number of benzene rings is 2. The van der Waals surface area contributed by atoms with Crippen molar-refractivity contribution in [2.45, 2.75) is 20.8 Å². The number of hydrogen-bond donors (Lipinski definition) is 0. The van der Waals surface area contributed by atoms with E-state index in [0.29, 0.717) is 16.9 Å². The maximum atomic E-state index is 13.4. The van der Waals surface area contributed by atoms with Gasteiger partial charge in [0.1, 0.15) is 5.57 Å². The van der Waals surface area contributed by atoms with E-state index in [1.165, 1.54) is 21.9 Å². The van der Waals surface area contributed by atoms with Crippen LogP contribution in [0.1, 0.15) is 32.9 Å². The van der Waals surface area contributed by atoms with Crippen LogP contribution < -0.4 is 10.0 Å². The number of anilines is 1. The van der Waals surface area contributed by atoms with Crippen LogP contribution in [0.15, 0.2) is 60.2 Å². The summed E-state index contributed by atoms with van der Waals surface area (Å²) in [7, 11) is 1.54. The van der Waals surface area contributed by atoms with E-state index in [1.54, 1.807) is 37.4 Å². The molecule has 0 saturated carbocycles. The molecule has 1 saturated heterocycles. The third-order valence-electron chi connectivity index (χ3n) is 5.85. The molecule has 172 valence electrons. The lowest BCUT2D eigenvalue weighted by Crippen LogP contribution is -2.54. The molecule has 8 heteroatoms. The zero-order chi connectivity index (χ0) is 24.7. The Hall–Kier alpha value is -4.04. The smallest absolute Gasteiger partial charge is 0.270 e. The molecular formula is C26H22N3O4S-. The van der Waals surface area contributed by atoms with Gasteiger partial charge in [-0.25, -0.2) is 0 Å². The van der Waals surface area contributed by atoms with E-state index < -0.39 is 17.8 Å². The van der Waals surface area contributed by atoms with Crippen molar-refractivity contribution in [3.05, 3.63) is 88.2 Å². The number of aromatic nitrogens is 1. The van der Waals surface area contributed by atoms with E-state index in [1.807, 2.05) is 43.5 Å². The maximum absolute atomic E-state index is 13.4. The molecule has 1 aliphatic heterocycles. The fraction of sp³-hybridized carbons (Fsp3) is 0.154. The van der Waals surface area contributed by atoms with Crippen molar-refractivity contribution in [2.24, 2.45) is 0 Å². The second-order valence-corrected chi connectivity index (χ2v) is 8.55. The highest BCUT2D eigenvalue weighted by molar-refractivity contribution is 7.80. The molecule has 0 radical (unpaired) electrons. The fourth-order valence-electron chi connectivity index (χ4n) is 4.02. The Morgan fingerprint density at radius 2 is 1.62 bits per heavy atom. The van der Waals surface area contributed by atoms with Gasteiger partial charge in [-0.1, -0.05) is 29.8 Å². The molecule has 4 rings (SSSR count). The number of nitrogens with zero attached hydrogens (tertiary/aromatic N) is 3. The van der Waals surface area contributed by atoms with E-state index in [9.17, 15) is 19.5 Å². The zero-order valence-corrected chi connectivity index (χ0v) is 20.0. The van der Waals surface area contributed by atoms with E-state index in [0.717, 1.165) is 17.0 Å².